The van der Waals surface area contributed by atoms with Crippen molar-refractivity contribution in [1.29, 1.82) is 0 Å². The molecule has 0 saturated heterocycles. The number of benzene rings is 6. The maximum Gasteiger partial charge on any atom is 0.343 e. The highest BCUT2D eigenvalue weighted by molar-refractivity contribution is 5.96. The van der Waals surface area contributed by atoms with E-state index in [0.717, 1.165) is 109 Å². The van der Waals surface area contributed by atoms with E-state index >= 15 is 0 Å². The van der Waals surface area contributed by atoms with Gasteiger partial charge in [0.2, 0.25) is 0 Å². The minimum atomic E-state index is -0.535. The van der Waals surface area contributed by atoms with Crippen LogP contribution in [-0.4, -0.2) is 45.8 Å². The Morgan fingerprint density at radius 1 is 0.375 bits per heavy atom. The molecule has 0 amide bonds. The van der Waals surface area contributed by atoms with E-state index in [1.54, 1.807) is 48.5 Å². The Balaban J connectivity index is 1.09. The predicted octanol–water partition coefficient (Wildman–Crippen LogP) is 13.3. The molecule has 10 heteroatoms. The molecule has 2 aliphatic carbocycles. The van der Waals surface area contributed by atoms with E-state index in [4.69, 9.17) is 18.9 Å². The summed E-state index contributed by atoms with van der Waals surface area (Å²) in [5.41, 5.74) is 8.99. The molecular weight excluding hydrogens is 901 g/mol. The molecule has 0 unspecified atom stereocenters. The number of carbonyl (C=O) groups excluding carboxylic acids is 4. The van der Waals surface area contributed by atoms with E-state index in [0.29, 0.717) is 71.4 Å². The number of nitrogens with zero attached hydrogens (tertiary/aromatic N) is 2. The number of hydrogen-bond donors (Lipinski definition) is 0. The second-order valence-corrected chi connectivity index (χ2v) is 19.9. The lowest BCUT2D eigenvalue weighted by Crippen LogP contribution is -2.36. The molecule has 10 nitrogen and oxygen atoms in total. The van der Waals surface area contributed by atoms with Crippen molar-refractivity contribution in [2.75, 3.05) is 0 Å². The second kappa shape index (κ2) is 23.1. The minimum absolute atomic E-state index is 0.248. The van der Waals surface area contributed by atoms with Crippen molar-refractivity contribution in [3.8, 4) is 23.0 Å². The van der Waals surface area contributed by atoms with Crippen LogP contribution in [0.1, 0.15) is 164 Å². The van der Waals surface area contributed by atoms with Crippen molar-refractivity contribution in [2.45, 2.75) is 143 Å². The molecule has 2 fully saturated rings. The Kier molecular flexibility index (Phi) is 16.1. The van der Waals surface area contributed by atoms with Gasteiger partial charge in [0.05, 0.1) is 22.3 Å². The Hall–Kier alpha value is -6.88. The van der Waals surface area contributed by atoms with Gasteiger partial charge in [0.15, 0.2) is 0 Å². The molecule has 4 aliphatic heterocycles. The first-order valence-electron chi connectivity index (χ1n) is 26.0. The molecule has 2 saturated carbocycles. The van der Waals surface area contributed by atoms with Gasteiger partial charge >= 0.3 is 23.9 Å². The molecule has 0 atom stereocenters. The van der Waals surface area contributed by atoms with Gasteiger partial charge in [0.25, 0.3) is 0 Å². The number of hydrogen-bond acceptors (Lipinski definition) is 10. The molecular formula is C62H66N2O8. The molecule has 372 valence electrons. The first kappa shape index (κ1) is 50.1. The van der Waals surface area contributed by atoms with Crippen LogP contribution < -0.4 is 18.9 Å². The van der Waals surface area contributed by atoms with Crippen LogP contribution in [0.15, 0.2) is 121 Å². The number of rotatable bonds is 4. The summed E-state index contributed by atoms with van der Waals surface area (Å²) < 4.78 is 24.8. The SMILES string of the molecule is CCc1ccc2c(c1)CN(C1CCCCC1)Cc1cc(CC)ccc1OC(=O)c1ccc(cc1)C(=O)Oc1ccc(C)cc1CN(C1CCCCC1)Cc1cc(C)ccc1OC(=O)c1ccc(cc1)C(=O)O2. The molecule has 6 aromatic rings. The van der Waals surface area contributed by atoms with Gasteiger partial charge in [-0.25, -0.2) is 19.2 Å². The molecule has 0 radical (unpaired) electrons. The van der Waals surface area contributed by atoms with Crippen molar-refractivity contribution in [3.63, 3.8) is 0 Å². The van der Waals surface area contributed by atoms with Crippen molar-refractivity contribution in [3.05, 3.63) is 188 Å². The number of aryl methyl sites for hydroxylation is 4. The lowest BCUT2D eigenvalue weighted by molar-refractivity contribution is 0.0710. The quantitative estimate of drug-likeness (QED) is 0.125. The largest absolute Gasteiger partial charge is 0.423 e. The van der Waals surface area contributed by atoms with Gasteiger partial charge in [0.1, 0.15) is 23.0 Å². The topological polar surface area (TPSA) is 112 Å². The standard InChI is InChI=1S/C62H66N2O8/c1-5-43-19-31-57-51(35-43)39-64(54-15-11-8-12-16-54)40-52-36-44(6-2)20-32-58(52)72-62(68)48-27-23-46(24-28-48)60(66)70-56-30-18-42(4)34-50(56)38-63(53-13-9-7-10-14-53)37-49-33-41(3)17-29-55(49)69-59(65)45-21-25-47(26-22-45)61(67)71-57/h17-36,53-54H,5-16,37-40H2,1-4H3. The fraction of sp³-hybridized carbons (Fsp3) is 0.355. The smallest absolute Gasteiger partial charge is 0.343 e. The van der Waals surface area contributed by atoms with Crippen molar-refractivity contribution in [2.24, 2.45) is 0 Å². The molecule has 0 spiro atoms. The molecule has 72 heavy (non-hydrogen) atoms. The number of carbonyl (C=O) groups is 4. The summed E-state index contributed by atoms with van der Waals surface area (Å²) in [5, 5.41) is 0. The molecule has 4 bridgehead atoms. The maximum atomic E-state index is 14.0. The van der Waals surface area contributed by atoms with Crippen molar-refractivity contribution >= 4 is 23.9 Å². The van der Waals surface area contributed by atoms with E-state index in [2.05, 4.69) is 47.9 Å². The fourth-order valence-electron chi connectivity index (χ4n) is 10.5. The van der Waals surface area contributed by atoms with Gasteiger partial charge in [-0.05, 0) is 136 Å². The highest BCUT2D eigenvalue weighted by Crippen LogP contribution is 2.35. The van der Waals surface area contributed by atoms with E-state index < -0.39 is 23.9 Å². The number of esters is 4. The third-order valence-electron chi connectivity index (χ3n) is 14.7. The summed E-state index contributed by atoms with van der Waals surface area (Å²) in [6, 6.07) is 37.0. The highest BCUT2D eigenvalue weighted by atomic mass is 16.5. The monoisotopic (exact) mass is 966 g/mol. The lowest BCUT2D eigenvalue weighted by Gasteiger charge is -2.35. The Morgan fingerprint density at radius 3 is 0.944 bits per heavy atom. The first-order valence-corrected chi connectivity index (χ1v) is 26.0. The van der Waals surface area contributed by atoms with E-state index in [1.807, 2.05) is 62.4 Å². The summed E-state index contributed by atoms with van der Waals surface area (Å²) >= 11 is 0. The molecule has 0 aromatic heterocycles. The van der Waals surface area contributed by atoms with Crippen LogP contribution in [0, 0.1) is 13.8 Å². The lowest BCUT2D eigenvalue weighted by atomic mass is 9.93. The van der Waals surface area contributed by atoms with E-state index in [9.17, 15) is 19.2 Å². The first-order chi connectivity index (χ1) is 35.0. The summed E-state index contributed by atoms with van der Waals surface area (Å²) in [6.45, 7) is 10.2. The summed E-state index contributed by atoms with van der Waals surface area (Å²) in [4.78, 5) is 60.7. The van der Waals surface area contributed by atoms with Crippen LogP contribution in [0.5, 0.6) is 23.0 Å². The maximum absolute atomic E-state index is 14.0. The Bertz CT molecular complexity index is 2730. The van der Waals surface area contributed by atoms with Gasteiger partial charge < -0.3 is 18.9 Å². The average molecular weight is 967 g/mol. The zero-order valence-corrected chi connectivity index (χ0v) is 42.2. The predicted molar refractivity (Wildman–Crippen MR) is 279 cm³/mol. The van der Waals surface area contributed by atoms with Crippen LogP contribution in [0.2, 0.25) is 0 Å². The zero-order valence-electron chi connectivity index (χ0n) is 42.2. The summed E-state index contributed by atoms with van der Waals surface area (Å²) in [6.07, 6.45) is 12.5. The molecule has 6 aromatic carbocycles. The van der Waals surface area contributed by atoms with Crippen molar-refractivity contribution < 1.29 is 38.1 Å². The Labute approximate surface area is 424 Å². The van der Waals surface area contributed by atoms with Gasteiger partial charge in [0, 0.05) is 60.5 Å². The third kappa shape index (κ3) is 12.2. The van der Waals surface area contributed by atoms with Crippen LogP contribution in [0.3, 0.4) is 0 Å². The molecule has 6 aliphatic rings. The van der Waals surface area contributed by atoms with Gasteiger partial charge in [-0.15, -0.1) is 0 Å². The minimum Gasteiger partial charge on any atom is -0.423 e. The summed E-state index contributed by atoms with van der Waals surface area (Å²) in [7, 11) is 0. The Morgan fingerprint density at radius 2 is 0.653 bits per heavy atom. The van der Waals surface area contributed by atoms with E-state index in [1.165, 1.54) is 12.8 Å². The molecule has 4 heterocycles. The normalized spacial score (nSPS) is 17.4. The van der Waals surface area contributed by atoms with Crippen LogP contribution in [0.25, 0.3) is 0 Å². The van der Waals surface area contributed by atoms with Crippen LogP contribution in [-0.2, 0) is 39.0 Å². The zero-order chi connectivity index (χ0) is 50.1. The second-order valence-electron chi connectivity index (χ2n) is 19.9. The average Bonchev–Trinajstić information content (AvgIpc) is 3.40. The highest BCUT2D eigenvalue weighted by Gasteiger charge is 2.28. The third-order valence-corrected chi connectivity index (χ3v) is 14.7. The number of ether oxygens (including phenoxy) is 4. The van der Waals surface area contributed by atoms with Crippen LogP contribution >= 0.6 is 0 Å². The fourth-order valence-corrected chi connectivity index (χ4v) is 10.5. The van der Waals surface area contributed by atoms with Gasteiger partial charge in [-0.1, -0.05) is 112 Å². The van der Waals surface area contributed by atoms with E-state index in [-0.39, 0.29) is 12.1 Å². The van der Waals surface area contributed by atoms with Crippen molar-refractivity contribution in [1.82, 2.24) is 9.80 Å². The van der Waals surface area contributed by atoms with Gasteiger partial charge in [-0.3, -0.25) is 9.80 Å². The van der Waals surface area contributed by atoms with Crippen LogP contribution in [0.4, 0.5) is 0 Å². The van der Waals surface area contributed by atoms with Gasteiger partial charge in [-0.2, -0.15) is 0 Å². The summed E-state index contributed by atoms with van der Waals surface area (Å²) in [5.74, 6) is -0.283. The molecule has 0 N–H and O–H groups in total. The molecule has 12 rings (SSSR count).